The molecular formula is C25H30N6O3. The Bertz CT molecular complexity index is 1340. The van der Waals surface area contributed by atoms with Crippen LogP contribution in [0.25, 0.3) is 16.6 Å². The number of fused-ring (bicyclic) bond motifs is 1. The minimum atomic E-state index is -1.21. The van der Waals surface area contributed by atoms with Crippen molar-refractivity contribution in [2.75, 3.05) is 5.32 Å². The molecule has 3 N–H and O–H groups in total. The van der Waals surface area contributed by atoms with Gasteiger partial charge < -0.3 is 15.5 Å². The molecule has 4 aromatic rings. The summed E-state index contributed by atoms with van der Waals surface area (Å²) in [6.45, 7) is 9.28. The molecule has 0 saturated heterocycles. The molecule has 0 atom stereocenters. The fraction of sp³-hybridized carbons (Fsp3) is 0.360. The van der Waals surface area contributed by atoms with Crippen molar-refractivity contribution in [2.45, 2.75) is 58.8 Å². The summed E-state index contributed by atoms with van der Waals surface area (Å²) in [6, 6.07) is 8.92. The van der Waals surface area contributed by atoms with E-state index in [4.69, 9.17) is 0 Å². The molecule has 0 aliphatic carbocycles. The van der Waals surface area contributed by atoms with Crippen molar-refractivity contribution >= 4 is 22.5 Å². The van der Waals surface area contributed by atoms with Gasteiger partial charge in [0, 0.05) is 47.5 Å². The van der Waals surface area contributed by atoms with Gasteiger partial charge in [0.25, 0.3) is 5.91 Å². The highest BCUT2D eigenvalue weighted by Gasteiger charge is 2.24. The summed E-state index contributed by atoms with van der Waals surface area (Å²) in [7, 11) is 0. The number of aryl methyl sites for hydroxylation is 2. The molecule has 0 saturated carbocycles. The van der Waals surface area contributed by atoms with Crippen LogP contribution in [0.15, 0.2) is 48.9 Å². The number of aliphatic hydroxyl groups is 2. The molecule has 0 unspecified atom stereocenters. The fourth-order valence-corrected chi connectivity index (χ4v) is 3.68. The maximum atomic E-state index is 13.0. The second-order valence-corrected chi connectivity index (χ2v) is 9.73. The summed E-state index contributed by atoms with van der Waals surface area (Å²) in [5.74, 6) is -0.385. The van der Waals surface area contributed by atoms with Gasteiger partial charge in [0.05, 0.1) is 22.4 Å². The highest BCUT2D eigenvalue weighted by Crippen LogP contribution is 2.32. The molecule has 9 heteroatoms. The van der Waals surface area contributed by atoms with E-state index in [0.717, 1.165) is 16.8 Å². The van der Waals surface area contributed by atoms with E-state index in [9.17, 15) is 15.0 Å². The maximum Gasteiger partial charge on any atom is 0.276 e. The van der Waals surface area contributed by atoms with E-state index in [-0.39, 0.29) is 11.6 Å². The lowest BCUT2D eigenvalue weighted by molar-refractivity contribution is 0.0651. The average Bonchev–Trinajstić information content (AvgIpc) is 3.37. The number of carbonyl (C=O) groups is 1. The molecule has 0 bridgehead atoms. The number of rotatable bonds is 7. The van der Waals surface area contributed by atoms with Crippen LogP contribution in [0.1, 0.15) is 55.9 Å². The molecule has 3 aromatic heterocycles. The molecule has 4 rings (SSSR count). The van der Waals surface area contributed by atoms with Crippen LogP contribution in [0.5, 0.6) is 0 Å². The van der Waals surface area contributed by atoms with Gasteiger partial charge in [-0.3, -0.25) is 14.5 Å². The smallest absolute Gasteiger partial charge is 0.276 e. The lowest BCUT2D eigenvalue weighted by Crippen LogP contribution is -2.21. The molecular weight excluding hydrogens is 432 g/mol. The van der Waals surface area contributed by atoms with E-state index < -0.39 is 11.2 Å². The van der Waals surface area contributed by atoms with Crippen LogP contribution in [-0.2, 0) is 12.1 Å². The van der Waals surface area contributed by atoms with Crippen LogP contribution in [0, 0.1) is 6.92 Å². The quantitative estimate of drug-likeness (QED) is 0.386. The standard InChI is InChI=1S/C25H30N6O3/c1-16-12-18(6-9-26-16)31-10-7-20(29-31)23(32)27-22-13-17-15-30(11-8-24(2,3)33)28-21(17)14-19(22)25(4,5)34/h6-7,9-10,12-15,33-34H,8,11H2,1-5H3,(H,27,32). The number of nitrogens with one attached hydrogen (secondary N) is 1. The molecule has 0 radical (unpaired) electrons. The lowest BCUT2D eigenvalue weighted by Gasteiger charge is -2.21. The molecule has 3 heterocycles. The SMILES string of the molecule is Cc1cc(-n2ccc(C(=O)Nc3cc4cn(CCC(C)(C)O)nc4cc3C(C)(C)O)n2)ccn1. The number of pyridine rings is 1. The normalized spacial score (nSPS) is 12.3. The third-order valence-electron chi connectivity index (χ3n) is 5.52. The molecule has 34 heavy (non-hydrogen) atoms. The molecule has 0 spiro atoms. The molecule has 0 aliphatic rings. The largest absolute Gasteiger partial charge is 0.390 e. The minimum Gasteiger partial charge on any atom is -0.390 e. The van der Waals surface area contributed by atoms with Gasteiger partial charge >= 0.3 is 0 Å². The van der Waals surface area contributed by atoms with Crippen molar-refractivity contribution in [3.05, 3.63) is 65.9 Å². The van der Waals surface area contributed by atoms with E-state index in [1.807, 2.05) is 25.3 Å². The first kappa shape index (κ1) is 23.6. The van der Waals surface area contributed by atoms with Gasteiger partial charge in [-0.05, 0) is 71.4 Å². The second-order valence-electron chi connectivity index (χ2n) is 9.73. The van der Waals surface area contributed by atoms with Gasteiger partial charge in [0.15, 0.2) is 5.69 Å². The summed E-state index contributed by atoms with van der Waals surface area (Å²) in [5.41, 5.74) is 1.64. The number of hydrogen-bond donors (Lipinski definition) is 3. The Hall–Kier alpha value is -3.56. The zero-order valence-electron chi connectivity index (χ0n) is 20.1. The third kappa shape index (κ3) is 5.32. The predicted octanol–water partition coefficient (Wildman–Crippen LogP) is 3.57. The van der Waals surface area contributed by atoms with Crippen molar-refractivity contribution < 1.29 is 15.0 Å². The number of aromatic nitrogens is 5. The molecule has 178 valence electrons. The monoisotopic (exact) mass is 462 g/mol. The van der Waals surface area contributed by atoms with E-state index in [0.29, 0.717) is 29.7 Å². The summed E-state index contributed by atoms with van der Waals surface area (Å²) >= 11 is 0. The predicted molar refractivity (Wildman–Crippen MR) is 130 cm³/mol. The number of nitrogens with zero attached hydrogens (tertiary/aromatic N) is 5. The Labute approximate surface area is 198 Å². The first-order valence-electron chi connectivity index (χ1n) is 11.2. The van der Waals surface area contributed by atoms with Crippen molar-refractivity contribution in [2.24, 2.45) is 0 Å². The Balaban J connectivity index is 1.63. The highest BCUT2D eigenvalue weighted by atomic mass is 16.3. The van der Waals surface area contributed by atoms with Crippen LogP contribution in [-0.4, -0.2) is 46.3 Å². The summed E-state index contributed by atoms with van der Waals surface area (Å²) in [5, 5.41) is 33.5. The first-order chi connectivity index (χ1) is 15.9. The lowest BCUT2D eigenvalue weighted by atomic mass is 9.95. The van der Waals surface area contributed by atoms with E-state index in [1.54, 1.807) is 67.7 Å². The summed E-state index contributed by atoms with van der Waals surface area (Å²) in [6.07, 6.45) is 5.82. The Kier molecular flexibility index (Phi) is 6.01. The van der Waals surface area contributed by atoms with Crippen molar-refractivity contribution in [3.63, 3.8) is 0 Å². The Morgan fingerprint density at radius 1 is 1.09 bits per heavy atom. The Morgan fingerprint density at radius 3 is 2.53 bits per heavy atom. The molecule has 0 aliphatic heterocycles. The number of hydrogen-bond acceptors (Lipinski definition) is 6. The van der Waals surface area contributed by atoms with Gasteiger partial charge in [-0.1, -0.05) is 0 Å². The van der Waals surface area contributed by atoms with Gasteiger partial charge in [-0.15, -0.1) is 0 Å². The first-order valence-corrected chi connectivity index (χ1v) is 11.2. The van der Waals surface area contributed by atoms with Crippen LogP contribution < -0.4 is 5.32 Å². The minimum absolute atomic E-state index is 0.247. The number of benzene rings is 1. The maximum absolute atomic E-state index is 13.0. The van der Waals surface area contributed by atoms with Crippen LogP contribution in [0.2, 0.25) is 0 Å². The number of carbonyl (C=O) groups excluding carboxylic acids is 1. The van der Waals surface area contributed by atoms with Crippen LogP contribution >= 0.6 is 0 Å². The summed E-state index contributed by atoms with van der Waals surface area (Å²) in [4.78, 5) is 17.2. The van der Waals surface area contributed by atoms with Crippen molar-refractivity contribution in [3.8, 4) is 5.69 Å². The van der Waals surface area contributed by atoms with Gasteiger partial charge in [-0.2, -0.15) is 10.2 Å². The number of amides is 1. The topological polar surface area (TPSA) is 118 Å². The average molecular weight is 463 g/mol. The fourth-order valence-electron chi connectivity index (χ4n) is 3.68. The molecule has 1 amide bonds. The number of anilines is 1. The van der Waals surface area contributed by atoms with Crippen molar-refractivity contribution in [1.82, 2.24) is 24.5 Å². The molecule has 9 nitrogen and oxygen atoms in total. The van der Waals surface area contributed by atoms with E-state index in [2.05, 4.69) is 20.5 Å². The van der Waals surface area contributed by atoms with Crippen molar-refractivity contribution in [1.29, 1.82) is 0 Å². The summed E-state index contributed by atoms with van der Waals surface area (Å²) < 4.78 is 3.39. The van der Waals surface area contributed by atoms with E-state index in [1.165, 1.54) is 0 Å². The second kappa shape index (κ2) is 8.66. The van der Waals surface area contributed by atoms with Crippen LogP contribution in [0.4, 0.5) is 5.69 Å². The van der Waals surface area contributed by atoms with Gasteiger partial charge in [0.2, 0.25) is 0 Å². The van der Waals surface area contributed by atoms with E-state index >= 15 is 0 Å². The zero-order valence-corrected chi connectivity index (χ0v) is 20.1. The van der Waals surface area contributed by atoms with Gasteiger partial charge in [0.1, 0.15) is 0 Å². The van der Waals surface area contributed by atoms with Gasteiger partial charge in [-0.25, -0.2) is 4.68 Å². The third-order valence-corrected chi connectivity index (χ3v) is 5.52. The molecule has 1 aromatic carbocycles. The highest BCUT2D eigenvalue weighted by molar-refractivity contribution is 6.04. The Morgan fingerprint density at radius 2 is 1.85 bits per heavy atom. The van der Waals surface area contributed by atoms with Crippen LogP contribution in [0.3, 0.4) is 0 Å². The zero-order chi connectivity index (χ0) is 24.7. The molecule has 0 fully saturated rings.